The maximum atomic E-state index is 12.6. The van der Waals surface area contributed by atoms with Crippen LogP contribution in [0.2, 0.25) is 0 Å². The van der Waals surface area contributed by atoms with Gasteiger partial charge in [-0.05, 0) is 49.9 Å². The molecule has 1 aliphatic heterocycles. The van der Waals surface area contributed by atoms with Crippen LogP contribution in [0.5, 0.6) is 11.5 Å². The first-order valence-electron chi connectivity index (χ1n) is 8.49. The predicted octanol–water partition coefficient (Wildman–Crippen LogP) is 2.69. The van der Waals surface area contributed by atoms with E-state index in [0.29, 0.717) is 36.1 Å². The number of methoxy groups -OCH3 is 1. The lowest BCUT2D eigenvalue weighted by atomic mass is 9.96. The molecule has 1 heterocycles. The first-order chi connectivity index (χ1) is 11.2. The third kappa shape index (κ3) is 4.61. The van der Waals surface area contributed by atoms with E-state index in [2.05, 4.69) is 6.92 Å². The lowest BCUT2D eigenvalue weighted by Gasteiger charge is -2.31. The summed E-state index contributed by atoms with van der Waals surface area (Å²) in [5, 5.41) is 0. The van der Waals surface area contributed by atoms with E-state index in [1.165, 1.54) is 0 Å². The molecule has 1 aromatic carbocycles. The average Bonchev–Trinajstić information content (AvgIpc) is 2.61. The van der Waals surface area contributed by atoms with E-state index in [1.54, 1.807) is 13.2 Å². The predicted molar refractivity (Wildman–Crippen MR) is 91.1 cm³/mol. The molecule has 0 atom stereocenters. The highest BCUT2D eigenvalue weighted by Gasteiger charge is 2.23. The standard InChI is InChI=1S/C18H28N2O3/c1-3-4-11-23-16-6-5-15(12-17(16)22-2)18(21)20-9-7-14(13-19)8-10-20/h5-6,12,14H,3-4,7-11,13,19H2,1-2H3. The number of unbranched alkanes of at least 4 members (excludes halogenated alkanes) is 1. The molecule has 0 unspecified atom stereocenters. The molecule has 0 spiro atoms. The summed E-state index contributed by atoms with van der Waals surface area (Å²) in [6.45, 7) is 5.04. The van der Waals surface area contributed by atoms with Gasteiger partial charge in [0.1, 0.15) is 0 Å². The van der Waals surface area contributed by atoms with Gasteiger partial charge in [0.2, 0.25) is 0 Å². The molecule has 0 aliphatic carbocycles. The Morgan fingerprint density at radius 2 is 2.04 bits per heavy atom. The minimum atomic E-state index is 0.0545. The van der Waals surface area contributed by atoms with Gasteiger partial charge in [-0.25, -0.2) is 0 Å². The smallest absolute Gasteiger partial charge is 0.253 e. The summed E-state index contributed by atoms with van der Waals surface area (Å²) in [7, 11) is 1.60. The maximum Gasteiger partial charge on any atom is 0.253 e. The van der Waals surface area contributed by atoms with Gasteiger partial charge in [-0.15, -0.1) is 0 Å². The van der Waals surface area contributed by atoms with Crippen molar-refractivity contribution < 1.29 is 14.3 Å². The number of hydrogen-bond acceptors (Lipinski definition) is 4. The van der Waals surface area contributed by atoms with Crippen molar-refractivity contribution in [2.24, 2.45) is 11.7 Å². The fraction of sp³-hybridized carbons (Fsp3) is 0.611. The number of piperidine rings is 1. The molecule has 0 saturated carbocycles. The van der Waals surface area contributed by atoms with E-state index >= 15 is 0 Å². The lowest BCUT2D eigenvalue weighted by Crippen LogP contribution is -2.40. The molecule has 2 N–H and O–H groups in total. The first kappa shape index (κ1) is 17.6. The molecular weight excluding hydrogens is 292 g/mol. The number of likely N-dealkylation sites (tertiary alicyclic amines) is 1. The van der Waals surface area contributed by atoms with Gasteiger partial charge in [-0.1, -0.05) is 13.3 Å². The highest BCUT2D eigenvalue weighted by Crippen LogP contribution is 2.29. The number of ether oxygens (including phenoxy) is 2. The number of carbonyl (C=O) groups excluding carboxylic acids is 1. The Morgan fingerprint density at radius 1 is 1.30 bits per heavy atom. The lowest BCUT2D eigenvalue weighted by molar-refractivity contribution is 0.0693. The molecule has 1 saturated heterocycles. The molecule has 1 fully saturated rings. The van der Waals surface area contributed by atoms with Gasteiger partial charge in [-0.3, -0.25) is 4.79 Å². The number of amides is 1. The molecule has 0 bridgehead atoms. The van der Waals surface area contributed by atoms with Gasteiger partial charge >= 0.3 is 0 Å². The summed E-state index contributed by atoms with van der Waals surface area (Å²) in [5.74, 6) is 1.91. The largest absolute Gasteiger partial charge is 0.493 e. The number of nitrogens with two attached hydrogens (primary N) is 1. The van der Waals surface area contributed by atoms with Crippen molar-refractivity contribution in [1.82, 2.24) is 4.90 Å². The average molecular weight is 320 g/mol. The molecule has 0 aromatic heterocycles. The van der Waals surface area contributed by atoms with Crippen LogP contribution in [0.15, 0.2) is 18.2 Å². The van der Waals surface area contributed by atoms with E-state index in [-0.39, 0.29) is 5.91 Å². The number of benzene rings is 1. The van der Waals surface area contributed by atoms with Crippen LogP contribution in [0.1, 0.15) is 43.0 Å². The quantitative estimate of drug-likeness (QED) is 0.785. The maximum absolute atomic E-state index is 12.6. The summed E-state index contributed by atoms with van der Waals surface area (Å²) >= 11 is 0. The molecule has 2 rings (SSSR count). The van der Waals surface area contributed by atoms with Crippen LogP contribution in [0.3, 0.4) is 0 Å². The summed E-state index contributed by atoms with van der Waals surface area (Å²) in [6.07, 6.45) is 4.05. The van der Waals surface area contributed by atoms with Crippen molar-refractivity contribution in [3.63, 3.8) is 0 Å². The molecule has 0 radical (unpaired) electrons. The number of hydrogen-bond donors (Lipinski definition) is 1. The summed E-state index contributed by atoms with van der Waals surface area (Å²) < 4.78 is 11.1. The zero-order valence-corrected chi connectivity index (χ0v) is 14.2. The van der Waals surface area contributed by atoms with E-state index in [9.17, 15) is 4.79 Å². The Labute approximate surface area is 138 Å². The Balaban J connectivity index is 2.03. The van der Waals surface area contributed by atoms with Crippen molar-refractivity contribution in [2.75, 3.05) is 33.4 Å². The summed E-state index contributed by atoms with van der Waals surface area (Å²) in [4.78, 5) is 14.5. The molecule has 1 amide bonds. The fourth-order valence-corrected chi connectivity index (χ4v) is 2.80. The van der Waals surface area contributed by atoms with Crippen molar-refractivity contribution in [2.45, 2.75) is 32.6 Å². The summed E-state index contributed by atoms with van der Waals surface area (Å²) in [6, 6.07) is 5.42. The van der Waals surface area contributed by atoms with Gasteiger partial charge in [0.05, 0.1) is 13.7 Å². The topological polar surface area (TPSA) is 64.8 Å². The van der Waals surface area contributed by atoms with Crippen LogP contribution >= 0.6 is 0 Å². The molecular formula is C18H28N2O3. The second kappa shape index (κ2) is 8.77. The van der Waals surface area contributed by atoms with Gasteiger partial charge < -0.3 is 20.1 Å². The van der Waals surface area contributed by atoms with Gasteiger partial charge in [0.15, 0.2) is 11.5 Å². The minimum Gasteiger partial charge on any atom is -0.493 e. The van der Waals surface area contributed by atoms with Gasteiger partial charge in [-0.2, -0.15) is 0 Å². The second-order valence-corrected chi connectivity index (χ2v) is 6.04. The number of carbonyl (C=O) groups is 1. The van der Waals surface area contributed by atoms with Crippen molar-refractivity contribution in [3.8, 4) is 11.5 Å². The SMILES string of the molecule is CCCCOc1ccc(C(=O)N2CCC(CN)CC2)cc1OC. The molecule has 23 heavy (non-hydrogen) atoms. The molecule has 128 valence electrons. The highest BCUT2D eigenvalue weighted by atomic mass is 16.5. The van der Waals surface area contributed by atoms with Crippen molar-refractivity contribution in [3.05, 3.63) is 23.8 Å². The zero-order valence-electron chi connectivity index (χ0n) is 14.2. The van der Waals surface area contributed by atoms with E-state index in [1.807, 2.05) is 17.0 Å². The highest BCUT2D eigenvalue weighted by molar-refractivity contribution is 5.95. The van der Waals surface area contributed by atoms with Crippen LogP contribution in [0.25, 0.3) is 0 Å². The minimum absolute atomic E-state index is 0.0545. The molecule has 5 nitrogen and oxygen atoms in total. The third-order valence-electron chi connectivity index (χ3n) is 4.40. The second-order valence-electron chi connectivity index (χ2n) is 6.04. The Hall–Kier alpha value is -1.75. The summed E-state index contributed by atoms with van der Waals surface area (Å²) in [5.41, 5.74) is 6.36. The number of rotatable bonds is 7. The zero-order chi connectivity index (χ0) is 16.7. The van der Waals surface area contributed by atoms with Crippen LogP contribution < -0.4 is 15.2 Å². The van der Waals surface area contributed by atoms with Gasteiger partial charge in [0.25, 0.3) is 5.91 Å². The normalized spacial score (nSPS) is 15.5. The van der Waals surface area contributed by atoms with E-state index < -0.39 is 0 Å². The molecule has 1 aromatic rings. The van der Waals surface area contributed by atoms with E-state index in [0.717, 1.165) is 38.8 Å². The Kier molecular flexibility index (Phi) is 6.71. The van der Waals surface area contributed by atoms with Crippen LogP contribution in [0.4, 0.5) is 0 Å². The van der Waals surface area contributed by atoms with Gasteiger partial charge in [0, 0.05) is 18.7 Å². The molecule has 5 heteroatoms. The van der Waals surface area contributed by atoms with E-state index in [4.69, 9.17) is 15.2 Å². The number of nitrogens with zero attached hydrogens (tertiary/aromatic N) is 1. The van der Waals surface area contributed by atoms with Crippen LogP contribution in [-0.2, 0) is 0 Å². The van der Waals surface area contributed by atoms with Crippen LogP contribution in [0, 0.1) is 5.92 Å². The Bertz CT molecular complexity index is 511. The molecule has 1 aliphatic rings. The monoisotopic (exact) mass is 320 g/mol. The fourth-order valence-electron chi connectivity index (χ4n) is 2.80. The van der Waals surface area contributed by atoms with Crippen LogP contribution in [-0.4, -0.2) is 44.2 Å². The van der Waals surface area contributed by atoms with Crippen molar-refractivity contribution >= 4 is 5.91 Å². The van der Waals surface area contributed by atoms with Crippen molar-refractivity contribution in [1.29, 1.82) is 0 Å². The third-order valence-corrected chi connectivity index (χ3v) is 4.40. The first-order valence-corrected chi connectivity index (χ1v) is 8.49. The Morgan fingerprint density at radius 3 is 2.65 bits per heavy atom.